The van der Waals surface area contributed by atoms with Gasteiger partial charge in [-0.05, 0) is 6.92 Å². The first kappa shape index (κ1) is 21.4. The van der Waals surface area contributed by atoms with Crippen molar-refractivity contribution >= 4 is 29.0 Å². The number of nitro groups is 1. The van der Waals surface area contributed by atoms with Gasteiger partial charge in [0, 0.05) is 0 Å². The van der Waals surface area contributed by atoms with Crippen LogP contribution in [0.5, 0.6) is 0 Å². The van der Waals surface area contributed by atoms with Crippen LogP contribution in [0.15, 0.2) is 6.20 Å². The lowest BCUT2D eigenvalue weighted by atomic mass is 10.1. The number of nitrogens with zero attached hydrogens (tertiary/aromatic N) is 3. The Bertz CT molecular complexity index is 945. The molecule has 0 saturated heterocycles. The first-order chi connectivity index (χ1) is 12.8. The molecule has 1 amide bonds. The summed E-state index contributed by atoms with van der Waals surface area (Å²) >= 11 is 5.45. The molecule has 0 aliphatic carbocycles. The average Bonchev–Trinajstić information content (AvgIpc) is 2.95. The zero-order valence-corrected chi connectivity index (χ0v) is 14.0. The fraction of sp³-hybridized carbons (Fsp3) is 0.231. The summed E-state index contributed by atoms with van der Waals surface area (Å²) in [7, 11) is 0. The molecule has 1 aromatic heterocycles. The maximum atomic E-state index is 14.2. The van der Waals surface area contributed by atoms with Gasteiger partial charge in [0.25, 0.3) is 0 Å². The highest BCUT2D eigenvalue weighted by Crippen LogP contribution is 2.39. The number of rotatable bonds is 4. The molecule has 15 heteroatoms. The van der Waals surface area contributed by atoms with Crippen molar-refractivity contribution in [1.29, 1.82) is 0 Å². The largest absolute Gasteiger partial charge is 0.422 e. The molecule has 0 radical (unpaired) electrons. The van der Waals surface area contributed by atoms with Crippen LogP contribution >= 0.6 is 11.6 Å². The molecule has 2 aromatic rings. The SMILES string of the molecule is CC(Cl)C(=O)Nc1c([N+](=O)[O-])cnn1-c1c(F)c(F)c(C(F)(F)F)c(F)c1F. The number of halogens is 8. The number of hydrogen-bond donors (Lipinski definition) is 1. The van der Waals surface area contributed by atoms with Crippen molar-refractivity contribution in [2.24, 2.45) is 0 Å². The fourth-order valence-corrected chi connectivity index (χ4v) is 2.09. The molecule has 1 heterocycles. The molecule has 0 aliphatic heterocycles. The minimum atomic E-state index is -5.78. The van der Waals surface area contributed by atoms with E-state index in [1.807, 2.05) is 0 Å². The van der Waals surface area contributed by atoms with Crippen LogP contribution in [-0.4, -0.2) is 26.0 Å². The van der Waals surface area contributed by atoms with Gasteiger partial charge in [-0.3, -0.25) is 14.9 Å². The Kier molecular flexibility index (Phi) is 5.55. The van der Waals surface area contributed by atoms with Crippen molar-refractivity contribution in [3.63, 3.8) is 0 Å². The lowest BCUT2D eigenvalue weighted by Crippen LogP contribution is -2.24. The predicted octanol–water partition coefficient (Wildman–Crippen LogP) is 3.92. The van der Waals surface area contributed by atoms with Crippen LogP contribution in [-0.2, 0) is 11.0 Å². The predicted molar refractivity (Wildman–Crippen MR) is 79.0 cm³/mol. The lowest BCUT2D eigenvalue weighted by molar-refractivity contribution is -0.384. The topological polar surface area (TPSA) is 90.1 Å². The number of nitrogens with one attached hydrogen (secondary N) is 1. The highest BCUT2D eigenvalue weighted by Gasteiger charge is 2.43. The van der Waals surface area contributed by atoms with Crippen molar-refractivity contribution < 1.29 is 40.5 Å². The standard InChI is InChI=1S/C13H6ClF7N4O3/c1-3(14)12(26)23-11-4(25(27)28)2-22-24(11)10-8(17)6(15)5(13(19,20)21)7(16)9(10)18/h2-3H,1H3,(H,23,26). The van der Waals surface area contributed by atoms with Crippen molar-refractivity contribution in [1.82, 2.24) is 9.78 Å². The smallest absolute Gasteiger partial charge is 0.304 e. The lowest BCUT2D eigenvalue weighted by Gasteiger charge is -2.15. The highest BCUT2D eigenvalue weighted by atomic mass is 35.5. The Morgan fingerprint density at radius 2 is 1.71 bits per heavy atom. The van der Waals surface area contributed by atoms with Crippen molar-refractivity contribution in [3.05, 3.63) is 45.1 Å². The minimum absolute atomic E-state index is 0.160. The first-order valence-corrected chi connectivity index (χ1v) is 7.33. The van der Waals surface area contributed by atoms with Gasteiger partial charge in [-0.2, -0.15) is 18.3 Å². The molecular weight excluding hydrogens is 429 g/mol. The van der Waals surface area contributed by atoms with E-state index >= 15 is 0 Å². The van der Waals surface area contributed by atoms with Crippen LogP contribution in [0.4, 0.5) is 42.2 Å². The second-order valence-corrected chi connectivity index (χ2v) is 5.78. The number of amides is 1. The third-order valence-electron chi connectivity index (χ3n) is 3.28. The van der Waals surface area contributed by atoms with E-state index < -0.39 is 68.4 Å². The molecular formula is C13H6ClF7N4O3. The minimum Gasteiger partial charge on any atom is -0.304 e. The molecule has 1 unspecified atom stereocenters. The number of carbonyl (C=O) groups is 1. The van der Waals surface area contributed by atoms with E-state index in [0.717, 1.165) is 6.92 Å². The summed E-state index contributed by atoms with van der Waals surface area (Å²) < 4.78 is 93.7. The molecule has 1 N–H and O–H groups in total. The Morgan fingerprint density at radius 1 is 1.21 bits per heavy atom. The third kappa shape index (κ3) is 3.58. The number of hydrogen-bond acceptors (Lipinski definition) is 4. The van der Waals surface area contributed by atoms with E-state index in [0.29, 0.717) is 6.20 Å². The number of anilines is 1. The Morgan fingerprint density at radius 3 is 2.11 bits per heavy atom. The Labute approximate surface area is 154 Å². The van der Waals surface area contributed by atoms with Crippen molar-refractivity contribution in [2.75, 3.05) is 5.32 Å². The number of aromatic nitrogens is 2. The van der Waals surface area contributed by atoms with E-state index in [1.54, 1.807) is 5.32 Å². The van der Waals surface area contributed by atoms with Crippen LogP contribution in [0, 0.1) is 33.4 Å². The Hall–Kier alpha value is -2.90. The van der Waals surface area contributed by atoms with Crippen LogP contribution < -0.4 is 5.32 Å². The van der Waals surface area contributed by atoms with Crippen LogP contribution in [0.2, 0.25) is 0 Å². The van der Waals surface area contributed by atoms with E-state index in [9.17, 15) is 45.6 Å². The van der Waals surface area contributed by atoms with Crippen LogP contribution in [0.1, 0.15) is 12.5 Å². The summed E-state index contributed by atoms with van der Waals surface area (Å²) in [6.07, 6.45) is -5.43. The first-order valence-electron chi connectivity index (χ1n) is 6.89. The van der Waals surface area contributed by atoms with Crippen molar-refractivity contribution in [2.45, 2.75) is 18.5 Å². The second-order valence-electron chi connectivity index (χ2n) is 5.13. The summed E-state index contributed by atoms with van der Waals surface area (Å²) in [5, 5.41) is 14.6. The molecule has 0 aliphatic rings. The molecule has 152 valence electrons. The number of alkyl halides is 4. The molecule has 1 atom stereocenters. The maximum Gasteiger partial charge on any atom is 0.422 e. The third-order valence-corrected chi connectivity index (χ3v) is 3.48. The quantitative estimate of drug-likeness (QED) is 0.260. The monoisotopic (exact) mass is 434 g/mol. The average molecular weight is 435 g/mol. The summed E-state index contributed by atoms with van der Waals surface area (Å²) in [6, 6.07) is 0. The maximum absolute atomic E-state index is 14.2. The van der Waals surface area contributed by atoms with Gasteiger partial charge in [0.15, 0.2) is 23.3 Å². The normalized spacial score (nSPS) is 12.8. The summed E-state index contributed by atoms with van der Waals surface area (Å²) in [4.78, 5) is 21.5. The number of benzene rings is 1. The summed E-state index contributed by atoms with van der Waals surface area (Å²) in [5.74, 6) is -12.9. The number of carbonyl (C=O) groups excluding carboxylic acids is 1. The zero-order chi connectivity index (χ0) is 21.5. The molecule has 28 heavy (non-hydrogen) atoms. The molecule has 2 rings (SSSR count). The highest BCUT2D eigenvalue weighted by molar-refractivity contribution is 6.32. The van der Waals surface area contributed by atoms with E-state index in [-0.39, 0.29) is 4.68 Å². The summed E-state index contributed by atoms with van der Waals surface area (Å²) in [6.45, 7) is 1.11. The van der Waals surface area contributed by atoms with Crippen LogP contribution in [0.3, 0.4) is 0 Å². The van der Waals surface area contributed by atoms with Crippen LogP contribution in [0.25, 0.3) is 5.69 Å². The van der Waals surface area contributed by atoms with Gasteiger partial charge in [0.2, 0.25) is 11.7 Å². The van der Waals surface area contributed by atoms with Gasteiger partial charge in [0.05, 0.1) is 4.92 Å². The van der Waals surface area contributed by atoms with E-state index in [4.69, 9.17) is 11.6 Å². The Balaban J connectivity index is 2.83. The van der Waals surface area contributed by atoms with E-state index in [1.165, 1.54) is 0 Å². The van der Waals surface area contributed by atoms with Gasteiger partial charge in [0.1, 0.15) is 22.8 Å². The summed E-state index contributed by atoms with van der Waals surface area (Å²) in [5.41, 5.74) is -5.77. The molecule has 0 fully saturated rings. The van der Waals surface area contributed by atoms with Gasteiger partial charge in [-0.1, -0.05) is 0 Å². The molecule has 0 bridgehead atoms. The zero-order valence-electron chi connectivity index (χ0n) is 13.2. The van der Waals surface area contributed by atoms with Crippen molar-refractivity contribution in [3.8, 4) is 5.69 Å². The van der Waals surface area contributed by atoms with Gasteiger partial charge < -0.3 is 5.32 Å². The fourth-order valence-electron chi connectivity index (χ4n) is 2.03. The van der Waals surface area contributed by atoms with Gasteiger partial charge >= 0.3 is 11.9 Å². The second kappa shape index (κ2) is 7.26. The molecule has 0 saturated carbocycles. The van der Waals surface area contributed by atoms with Gasteiger partial charge in [-0.25, -0.2) is 22.2 Å². The molecule has 7 nitrogen and oxygen atoms in total. The molecule has 1 aromatic carbocycles. The molecule has 0 spiro atoms. The van der Waals surface area contributed by atoms with Gasteiger partial charge in [-0.15, -0.1) is 11.6 Å². The van der Waals surface area contributed by atoms with E-state index in [2.05, 4.69) is 5.10 Å².